The number of thiazole rings is 1. The van der Waals surface area contributed by atoms with E-state index in [0.717, 1.165) is 41.3 Å². The molecule has 3 rings (SSSR count). The third-order valence-electron chi connectivity index (χ3n) is 4.74. The first-order chi connectivity index (χ1) is 10.9. The molecule has 0 N–H and O–H groups in total. The van der Waals surface area contributed by atoms with Crippen LogP contribution in [-0.2, 0) is 13.5 Å². The summed E-state index contributed by atoms with van der Waals surface area (Å²) in [7, 11) is 3.77. The standard InChI is InChI=1S/C17H24N4OS/c1-10-15(11(2)21(5)19-10)17(22)20(4)9-13-7-6-8-14-16(13)18-12(3)23-14/h13H,6-9H2,1-5H3/t13-/m0/s1. The molecule has 0 fully saturated rings. The van der Waals surface area contributed by atoms with Crippen LogP contribution in [0.4, 0.5) is 0 Å². The van der Waals surface area contributed by atoms with Gasteiger partial charge in [-0.05, 0) is 40.0 Å². The Morgan fingerprint density at radius 3 is 2.78 bits per heavy atom. The molecule has 1 atom stereocenters. The topological polar surface area (TPSA) is 51.0 Å². The highest BCUT2D eigenvalue weighted by Crippen LogP contribution is 2.35. The van der Waals surface area contributed by atoms with Gasteiger partial charge in [0.15, 0.2) is 0 Å². The number of fused-ring (bicyclic) bond motifs is 1. The Hall–Kier alpha value is -1.69. The van der Waals surface area contributed by atoms with Crippen LogP contribution in [0.25, 0.3) is 0 Å². The minimum atomic E-state index is 0.0622. The fraction of sp³-hybridized carbons (Fsp3) is 0.588. The molecule has 0 spiro atoms. The average molecular weight is 332 g/mol. The van der Waals surface area contributed by atoms with Crippen molar-refractivity contribution in [2.24, 2.45) is 7.05 Å². The number of amides is 1. The van der Waals surface area contributed by atoms with Gasteiger partial charge in [0.05, 0.1) is 22.0 Å². The minimum absolute atomic E-state index is 0.0622. The maximum absolute atomic E-state index is 12.8. The van der Waals surface area contributed by atoms with Crippen LogP contribution in [-0.4, -0.2) is 39.2 Å². The zero-order chi connectivity index (χ0) is 16.7. The molecule has 2 aromatic rings. The smallest absolute Gasteiger partial charge is 0.257 e. The van der Waals surface area contributed by atoms with E-state index < -0.39 is 0 Å². The van der Waals surface area contributed by atoms with Crippen LogP contribution in [0, 0.1) is 20.8 Å². The number of aryl methyl sites for hydroxylation is 4. The summed E-state index contributed by atoms with van der Waals surface area (Å²) in [5.41, 5.74) is 3.68. The number of aromatic nitrogens is 3. The Bertz CT molecular complexity index is 746. The molecule has 0 aliphatic heterocycles. The number of carbonyl (C=O) groups is 1. The first-order valence-electron chi connectivity index (χ1n) is 8.10. The Morgan fingerprint density at radius 2 is 2.13 bits per heavy atom. The SMILES string of the molecule is Cc1nc2c(s1)CCC[C@H]2CN(C)C(=O)c1c(C)nn(C)c1C. The maximum atomic E-state index is 12.8. The van der Waals surface area contributed by atoms with Crippen LogP contribution in [0.5, 0.6) is 0 Å². The molecule has 5 nitrogen and oxygen atoms in total. The molecule has 1 aliphatic carbocycles. The summed E-state index contributed by atoms with van der Waals surface area (Å²) in [6, 6.07) is 0. The Labute approximate surface area is 141 Å². The fourth-order valence-electron chi connectivity index (χ4n) is 3.49. The van der Waals surface area contributed by atoms with Gasteiger partial charge in [-0.1, -0.05) is 0 Å². The van der Waals surface area contributed by atoms with Crippen LogP contribution in [0.3, 0.4) is 0 Å². The highest BCUT2D eigenvalue weighted by atomic mass is 32.1. The van der Waals surface area contributed by atoms with E-state index in [9.17, 15) is 4.79 Å². The Balaban J connectivity index is 1.80. The summed E-state index contributed by atoms with van der Waals surface area (Å²) in [6.45, 7) is 6.64. The van der Waals surface area contributed by atoms with Crippen LogP contribution in [0.2, 0.25) is 0 Å². The van der Waals surface area contributed by atoms with E-state index in [0.29, 0.717) is 5.92 Å². The normalized spacial score (nSPS) is 17.2. The van der Waals surface area contributed by atoms with Gasteiger partial charge in [-0.15, -0.1) is 11.3 Å². The lowest BCUT2D eigenvalue weighted by molar-refractivity contribution is 0.0781. The number of nitrogens with zero attached hydrogens (tertiary/aromatic N) is 4. The molecule has 1 amide bonds. The molecule has 0 aromatic carbocycles. The third-order valence-corrected chi connectivity index (χ3v) is 5.79. The van der Waals surface area contributed by atoms with Crippen molar-refractivity contribution in [1.29, 1.82) is 0 Å². The summed E-state index contributed by atoms with van der Waals surface area (Å²) in [4.78, 5) is 20.8. The molecule has 0 saturated carbocycles. The summed E-state index contributed by atoms with van der Waals surface area (Å²) < 4.78 is 1.78. The van der Waals surface area contributed by atoms with E-state index in [4.69, 9.17) is 4.98 Å². The lowest BCUT2D eigenvalue weighted by atomic mass is 9.90. The van der Waals surface area contributed by atoms with Crippen LogP contribution >= 0.6 is 11.3 Å². The predicted molar refractivity (Wildman–Crippen MR) is 92.2 cm³/mol. The van der Waals surface area contributed by atoms with E-state index in [1.165, 1.54) is 17.0 Å². The van der Waals surface area contributed by atoms with Crippen molar-refractivity contribution < 1.29 is 4.79 Å². The summed E-state index contributed by atoms with van der Waals surface area (Å²) in [6.07, 6.45) is 3.43. The third kappa shape index (κ3) is 2.92. The average Bonchev–Trinajstić information content (AvgIpc) is 2.98. The molecular weight excluding hydrogens is 308 g/mol. The van der Waals surface area contributed by atoms with Crippen molar-refractivity contribution in [3.05, 3.63) is 32.5 Å². The van der Waals surface area contributed by atoms with Gasteiger partial charge >= 0.3 is 0 Å². The summed E-state index contributed by atoms with van der Waals surface area (Å²) in [5.74, 6) is 0.419. The van der Waals surface area contributed by atoms with Gasteiger partial charge in [0.25, 0.3) is 5.91 Å². The monoisotopic (exact) mass is 332 g/mol. The van der Waals surface area contributed by atoms with Crippen LogP contribution in [0.1, 0.15) is 56.1 Å². The second-order valence-corrected chi connectivity index (χ2v) is 7.77. The molecule has 23 heavy (non-hydrogen) atoms. The second-order valence-electron chi connectivity index (χ2n) is 6.49. The van der Waals surface area contributed by atoms with Gasteiger partial charge < -0.3 is 4.90 Å². The van der Waals surface area contributed by atoms with E-state index >= 15 is 0 Å². The van der Waals surface area contributed by atoms with Crippen molar-refractivity contribution in [2.75, 3.05) is 13.6 Å². The Morgan fingerprint density at radius 1 is 1.39 bits per heavy atom. The van der Waals surface area contributed by atoms with Crippen molar-refractivity contribution >= 4 is 17.2 Å². The maximum Gasteiger partial charge on any atom is 0.257 e. The zero-order valence-electron chi connectivity index (χ0n) is 14.5. The molecule has 0 bridgehead atoms. The molecule has 2 aromatic heterocycles. The quantitative estimate of drug-likeness (QED) is 0.868. The van der Waals surface area contributed by atoms with Crippen molar-refractivity contribution in [3.8, 4) is 0 Å². The van der Waals surface area contributed by atoms with Crippen molar-refractivity contribution in [1.82, 2.24) is 19.7 Å². The summed E-state index contributed by atoms with van der Waals surface area (Å²) in [5, 5.41) is 5.49. The number of carbonyl (C=O) groups excluding carboxylic acids is 1. The fourth-order valence-corrected chi connectivity index (χ4v) is 4.56. The molecule has 0 saturated heterocycles. The molecular formula is C17H24N4OS. The van der Waals surface area contributed by atoms with Gasteiger partial charge in [0.2, 0.25) is 0 Å². The van der Waals surface area contributed by atoms with Gasteiger partial charge in [-0.2, -0.15) is 5.10 Å². The first kappa shape index (κ1) is 16.2. The molecule has 1 aliphatic rings. The van der Waals surface area contributed by atoms with Crippen LogP contribution < -0.4 is 0 Å². The number of likely N-dealkylation sites (N-methyl/N-ethyl adjacent to an activating group) is 1. The van der Waals surface area contributed by atoms with Gasteiger partial charge in [-0.25, -0.2) is 4.98 Å². The molecule has 2 heterocycles. The number of rotatable bonds is 3. The second kappa shape index (κ2) is 6.07. The van der Waals surface area contributed by atoms with E-state index in [1.807, 2.05) is 32.8 Å². The van der Waals surface area contributed by atoms with Crippen molar-refractivity contribution in [3.63, 3.8) is 0 Å². The highest BCUT2D eigenvalue weighted by Gasteiger charge is 2.28. The molecule has 6 heteroatoms. The number of hydrogen-bond donors (Lipinski definition) is 0. The van der Waals surface area contributed by atoms with E-state index in [-0.39, 0.29) is 5.91 Å². The minimum Gasteiger partial charge on any atom is -0.341 e. The van der Waals surface area contributed by atoms with Crippen LogP contribution in [0.15, 0.2) is 0 Å². The highest BCUT2D eigenvalue weighted by molar-refractivity contribution is 7.11. The van der Waals surface area contributed by atoms with E-state index in [2.05, 4.69) is 12.0 Å². The molecule has 0 unspecified atom stereocenters. The predicted octanol–water partition coefficient (Wildman–Crippen LogP) is 2.99. The largest absolute Gasteiger partial charge is 0.341 e. The van der Waals surface area contributed by atoms with E-state index in [1.54, 1.807) is 16.0 Å². The first-order valence-corrected chi connectivity index (χ1v) is 8.92. The van der Waals surface area contributed by atoms with Gasteiger partial charge in [-0.3, -0.25) is 9.48 Å². The Kier molecular flexibility index (Phi) is 4.27. The zero-order valence-corrected chi connectivity index (χ0v) is 15.3. The van der Waals surface area contributed by atoms with Gasteiger partial charge in [0.1, 0.15) is 0 Å². The molecule has 124 valence electrons. The lowest BCUT2D eigenvalue weighted by Crippen LogP contribution is -2.33. The van der Waals surface area contributed by atoms with Gasteiger partial charge in [0, 0.05) is 37.1 Å². The lowest BCUT2D eigenvalue weighted by Gasteiger charge is -2.26. The molecule has 0 radical (unpaired) electrons. The number of hydrogen-bond acceptors (Lipinski definition) is 4. The summed E-state index contributed by atoms with van der Waals surface area (Å²) >= 11 is 1.81. The van der Waals surface area contributed by atoms with Crippen molar-refractivity contribution in [2.45, 2.75) is 46.0 Å².